The molecule has 0 aromatic rings. The van der Waals surface area contributed by atoms with Crippen molar-refractivity contribution in [3.8, 4) is 0 Å². The Kier molecular flexibility index (Phi) is 2.10. The fourth-order valence-corrected chi connectivity index (χ4v) is 6.15. The quantitative estimate of drug-likeness (QED) is 0.699. The Morgan fingerprint density at radius 2 is 1.53 bits per heavy atom. The van der Waals surface area contributed by atoms with Gasteiger partial charge in [0.15, 0.2) is 5.11 Å². The molecule has 5 aliphatic rings. The fourth-order valence-electron chi connectivity index (χ4n) is 5.84. The van der Waals surface area contributed by atoms with E-state index in [2.05, 4.69) is 17.6 Å². The van der Waals surface area contributed by atoms with Crippen molar-refractivity contribution >= 4 is 17.3 Å². The molecule has 17 heavy (non-hydrogen) atoms. The van der Waals surface area contributed by atoms with Crippen LogP contribution in [0, 0.1) is 23.2 Å². The number of thiocarbonyl (C=S) groups is 1. The van der Waals surface area contributed by atoms with Crippen molar-refractivity contribution in [1.29, 1.82) is 0 Å². The van der Waals surface area contributed by atoms with E-state index in [1.54, 1.807) is 0 Å². The van der Waals surface area contributed by atoms with Crippen molar-refractivity contribution in [3.63, 3.8) is 0 Å². The molecule has 94 valence electrons. The average molecular weight is 250 g/mol. The molecule has 1 aliphatic heterocycles. The van der Waals surface area contributed by atoms with Gasteiger partial charge in [-0.2, -0.15) is 0 Å². The van der Waals surface area contributed by atoms with E-state index < -0.39 is 0 Å². The van der Waals surface area contributed by atoms with Gasteiger partial charge in [0.1, 0.15) is 0 Å². The summed E-state index contributed by atoms with van der Waals surface area (Å²) in [6.45, 7) is 2.30. The van der Waals surface area contributed by atoms with E-state index in [9.17, 15) is 0 Å². The highest BCUT2D eigenvalue weighted by molar-refractivity contribution is 7.80. The third kappa shape index (κ3) is 1.47. The van der Waals surface area contributed by atoms with Crippen LogP contribution < -0.4 is 10.6 Å². The summed E-state index contributed by atoms with van der Waals surface area (Å²) in [6.07, 6.45) is 8.97. The van der Waals surface area contributed by atoms with E-state index in [4.69, 9.17) is 12.2 Å². The smallest absolute Gasteiger partial charge is 0.166 e. The SMILES string of the molecule is C[C@H]1NC(=S)N[C@H]1C12CC3CC(CC(C3)C1)C2. The molecular weight excluding hydrogens is 228 g/mol. The third-order valence-electron chi connectivity index (χ3n) is 5.89. The van der Waals surface area contributed by atoms with E-state index in [1.165, 1.54) is 38.5 Å². The predicted octanol–water partition coefficient (Wildman–Crippen LogP) is 2.44. The van der Waals surface area contributed by atoms with Crippen LogP contribution in [-0.2, 0) is 0 Å². The lowest BCUT2D eigenvalue weighted by molar-refractivity contribution is -0.0718. The highest BCUT2D eigenvalue weighted by Gasteiger charge is 2.56. The molecule has 0 aromatic heterocycles. The standard InChI is InChI=1S/C14H22N2S/c1-8-12(16-13(17)15-8)14-5-9-2-10(6-14)4-11(3-9)7-14/h8-12H,2-7H2,1H3,(H2,15,16,17)/t8-,9?,10?,11?,12-,14?/m1/s1. The number of rotatable bonds is 1. The van der Waals surface area contributed by atoms with Crippen LogP contribution in [0.25, 0.3) is 0 Å². The maximum absolute atomic E-state index is 5.31. The number of hydrogen-bond donors (Lipinski definition) is 2. The number of nitrogens with one attached hydrogen (secondary N) is 2. The molecule has 0 aromatic carbocycles. The summed E-state index contributed by atoms with van der Waals surface area (Å²) < 4.78 is 0. The second-order valence-corrected chi connectivity index (χ2v) is 7.57. The number of hydrogen-bond acceptors (Lipinski definition) is 1. The Bertz CT molecular complexity index is 330. The summed E-state index contributed by atoms with van der Waals surface area (Å²) in [7, 11) is 0. The zero-order chi connectivity index (χ0) is 11.6. The molecule has 0 spiro atoms. The van der Waals surface area contributed by atoms with Gasteiger partial charge in [-0.1, -0.05) is 0 Å². The van der Waals surface area contributed by atoms with Crippen molar-refractivity contribution in [3.05, 3.63) is 0 Å². The van der Waals surface area contributed by atoms with Crippen LogP contribution in [0.4, 0.5) is 0 Å². The molecule has 0 unspecified atom stereocenters. The average Bonchev–Trinajstić information content (AvgIpc) is 2.56. The minimum absolute atomic E-state index is 0.527. The van der Waals surface area contributed by atoms with Gasteiger partial charge in [0.05, 0.1) is 6.04 Å². The molecule has 5 fully saturated rings. The molecular formula is C14H22N2S. The largest absolute Gasteiger partial charge is 0.358 e. The van der Waals surface area contributed by atoms with Crippen LogP contribution in [0.3, 0.4) is 0 Å². The van der Waals surface area contributed by atoms with Gasteiger partial charge in [-0.25, -0.2) is 0 Å². The molecule has 4 aliphatic carbocycles. The monoisotopic (exact) mass is 250 g/mol. The molecule has 3 heteroatoms. The molecule has 5 rings (SSSR count). The van der Waals surface area contributed by atoms with Crippen molar-refractivity contribution in [2.45, 2.75) is 57.5 Å². The van der Waals surface area contributed by atoms with Gasteiger partial charge >= 0.3 is 0 Å². The first-order chi connectivity index (χ1) is 8.14. The van der Waals surface area contributed by atoms with Crippen molar-refractivity contribution in [2.24, 2.45) is 23.2 Å². The van der Waals surface area contributed by atoms with Gasteiger partial charge in [0.25, 0.3) is 0 Å². The van der Waals surface area contributed by atoms with E-state index in [1.807, 2.05) is 0 Å². The van der Waals surface area contributed by atoms with Gasteiger partial charge in [0.2, 0.25) is 0 Å². The minimum atomic E-state index is 0.527. The van der Waals surface area contributed by atoms with Crippen LogP contribution in [0.15, 0.2) is 0 Å². The molecule has 0 amide bonds. The van der Waals surface area contributed by atoms with E-state index in [-0.39, 0.29) is 0 Å². The Morgan fingerprint density at radius 3 is 1.94 bits per heavy atom. The zero-order valence-electron chi connectivity index (χ0n) is 10.5. The van der Waals surface area contributed by atoms with Crippen LogP contribution >= 0.6 is 12.2 Å². The molecule has 2 N–H and O–H groups in total. The maximum atomic E-state index is 5.31. The normalized spacial score (nSPS) is 55.8. The second-order valence-electron chi connectivity index (χ2n) is 7.16. The summed E-state index contributed by atoms with van der Waals surface area (Å²) >= 11 is 5.31. The van der Waals surface area contributed by atoms with E-state index >= 15 is 0 Å². The van der Waals surface area contributed by atoms with Gasteiger partial charge in [-0.3, -0.25) is 0 Å². The summed E-state index contributed by atoms with van der Waals surface area (Å²) in [5.74, 6) is 3.10. The van der Waals surface area contributed by atoms with Crippen molar-refractivity contribution < 1.29 is 0 Å². The topological polar surface area (TPSA) is 24.1 Å². The molecule has 2 atom stereocenters. The van der Waals surface area contributed by atoms with Crippen molar-refractivity contribution in [2.75, 3.05) is 0 Å². The first kappa shape index (κ1) is 10.6. The Balaban J connectivity index is 1.66. The molecule has 1 saturated heterocycles. The molecule has 4 saturated carbocycles. The lowest BCUT2D eigenvalue weighted by atomic mass is 9.47. The summed E-state index contributed by atoms with van der Waals surface area (Å²) in [5, 5.41) is 7.88. The first-order valence-electron chi connectivity index (χ1n) is 7.22. The first-order valence-corrected chi connectivity index (χ1v) is 7.62. The Labute approximate surface area is 109 Å². The van der Waals surface area contributed by atoms with Crippen LogP contribution in [0.2, 0.25) is 0 Å². The van der Waals surface area contributed by atoms with Crippen molar-refractivity contribution in [1.82, 2.24) is 10.6 Å². The van der Waals surface area contributed by atoms with Gasteiger partial charge in [-0.05, 0) is 80.8 Å². The van der Waals surface area contributed by atoms with Crippen LogP contribution in [-0.4, -0.2) is 17.2 Å². The highest BCUT2D eigenvalue weighted by atomic mass is 32.1. The molecule has 4 bridgehead atoms. The second kappa shape index (κ2) is 3.37. The van der Waals surface area contributed by atoms with Crippen LogP contribution in [0.5, 0.6) is 0 Å². The van der Waals surface area contributed by atoms with E-state index in [0.717, 1.165) is 22.9 Å². The van der Waals surface area contributed by atoms with E-state index in [0.29, 0.717) is 17.5 Å². The Morgan fingerprint density at radius 1 is 1.00 bits per heavy atom. The summed E-state index contributed by atoms with van der Waals surface area (Å²) in [4.78, 5) is 0. The predicted molar refractivity (Wildman–Crippen MR) is 72.7 cm³/mol. The fraction of sp³-hybridized carbons (Fsp3) is 0.929. The maximum Gasteiger partial charge on any atom is 0.166 e. The van der Waals surface area contributed by atoms with Gasteiger partial charge in [0, 0.05) is 6.04 Å². The van der Waals surface area contributed by atoms with Gasteiger partial charge < -0.3 is 10.6 Å². The van der Waals surface area contributed by atoms with Gasteiger partial charge in [-0.15, -0.1) is 0 Å². The molecule has 2 nitrogen and oxygen atoms in total. The highest BCUT2D eigenvalue weighted by Crippen LogP contribution is 2.61. The minimum Gasteiger partial charge on any atom is -0.358 e. The lowest BCUT2D eigenvalue weighted by Gasteiger charge is -2.59. The third-order valence-corrected chi connectivity index (χ3v) is 6.13. The summed E-state index contributed by atoms with van der Waals surface area (Å²) in [5.41, 5.74) is 0.571. The zero-order valence-corrected chi connectivity index (χ0v) is 11.4. The summed E-state index contributed by atoms with van der Waals surface area (Å²) in [6, 6.07) is 1.13. The van der Waals surface area contributed by atoms with Crippen LogP contribution in [0.1, 0.15) is 45.4 Å². The lowest BCUT2D eigenvalue weighted by Crippen LogP contribution is -2.57. The molecule has 1 heterocycles. The Hall–Kier alpha value is -0.310. The molecule has 0 radical (unpaired) electrons.